The Balaban J connectivity index is 1.42. The quantitative estimate of drug-likeness (QED) is 0.186. The van der Waals surface area contributed by atoms with Gasteiger partial charge in [0.25, 0.3) is 0 Å². The summed E-state index contributed by atoms with van der Waals surface area (Å²) in [6.07, 6.45) is 0.764. The van der Waals surface area contributed by atoms with E-state index in [4.69, 9.17) is 9.84 Å². The van der Waals surface area contributed by atoms with Crippen molar-refractivity contribution in [3.8, 4) is 0 Å². The molecule has 1 fully saturated rings. The Hall–Kier alpha value is -4.43. The van der Waals surface area contributed by atoms with Crippen LogP contribution in [0.1, 0.15) is 50.3 Å². The second-order valence-corrected chi connectivity index (χ2v) is 13.4. The van der Waals surface area contributed by atoms with Crippen LogP contribution in [0.15, 0.2) is 114 Å². The summed E-state index contributed by atoms with van der Waals surface area (Å²) in [5.74, 6) is 0.145. The molecule has 5 aromatic rings. The van der Waals surface area contributed by atoms with Crippen LogP contribution in [0.25, 0.3) is 10.9 Å². The van der Waals surface area contributed by atoms with Crippen LogP contribution in [0.2, 0.25) is 0 Å². The zero-order chi connectivity index (χ0) is 31.6. The number of anilines is 1. The Labute approximate surface area is 272 Å². The molecule has 230 valence electrons. The van der Waals surface area contributed by atoms with Gasteiger partial charge in [0.2, 0.25) is 5.91 Å². The van der Waals surface area contributed by atoms with Gasteiger partial charge in [-0.3, -0.25) is 4.79 Å². The SMILES string of the molecule is CC(C)(C)OC(=O)N1CCC(C(=O)Nc2nn(C(c3ccccc3)(c3ccccc3)c3ccccc3)c3ccc(Br)cc23)CC1. The summed E-state index contributed by atoms with van der Waals surface area (Å²) in [6, 6.07) is 37.2. The van der Waals surface area contributed by atoms with E-state index in [1.54, 1.807) is 4.90 Å². The average molecular weight is 666 g/mol. The van der Waals surface area contributed by atoms with Gasteiger partial charge in [0, 0.05) is 28.9 Å². The van der Waals surface area contributed by atoms with E-state index in [1.165, 1.54) is 0 Å². The number of ether oxygens (including phenoxy) is 1. The standard InChI is InChI=1S/C37H37BrN4O3/c1-36(2,3)45-35(44)41-23-21-26(22-24-41)34(43)39-33-31-25-30(38)19-20-32(31)42(40-33)37(27-13-7-4-8-14-27,28-15-9-5-10-16-28)29-17-11-6-12-18-29/h4-20,25-26H,21-24H2,1-3H3,(H,39,40,43). The van der Waals surface area contributed by atoms with E-state index in [-0.39, 0.29) is 17.9 Å². The maximum absolute atomic E-state index is 13.8. The number of benzene rings is 4. The minimum atomic E-state index is -0.836. The summed E-state index contributed by atoms with van der Waals surface area (Å²) < 4.78 is 8.48. The molecule has 1 aromatic heterocycles. The van der Waals surface area contributed by atoms with Gasteiger partial charge in [0.05, 0.1) is 5.52 Å². The van der Waals surface area contributed by atoms with Crippen molar-refractivity contribution in [2.75, 3.05) is 18.4 Å². The Morgan fingerprint density at radius 1 is 0.800 bits per heavy atom. The predicted molar refractivity (Wildman–Crippen MR) is 181 cm³/mol. The van der Waals surface area contributed by atoms with Crippen LogP contribution in [-0.2, 0) is 15.1 Å². The first-order chi connectivity index (χ1) is 21.7. The molecule has 4 aromatic carbocycles. The third kappa shape index (κ3) is 6.12. The first-order valence-corrected chi connectivity index (χ1v) is 16.1. The largest absolute Gasteiger partial charge is 0.444 e. The van der Waals surface area contributed by atoms with E-state index in [0.29, 0.717) is 31.7 Å². The second kappa shape index (κ2) is 12.5. The van der Waals surface area contributed by atoms with Crippen molar-refractivity contribution in [2.45, 2.75) is 44.8 Å². The van der Waals surface area contributed by atoms with Crippen molar-refractivity contribution in [1.29, 1.82) is 0 Å². The maximum atomic E-state index is 13.8. The molecule has 1 aliphatic heterocycles. The number of carbonyl (C=O) groups is 2. The number of fused-ring (bicyclic) bond motifs is 1. The lowest BCUT2D eigenvalue weighted by Gasteiger charge is -2.37. The van der Waals surface area contributed by atoms with Crippen LogP contribution in [0.3, 0.4) is 0 Å². The van der Waals surface area contributed by atoms with Crippen molar-refractivity contribution in [2.24, 2.45) is 5.92 Å². The molecular formula is C37H37BrN4O3. The fourth-order valence-electron chi connectivity index (χ4n) is 6.21. The lowest BCUT2D eigenvalue weighted by Crippen LogP contribution is -2.43. The van der Waals surface area contributed by atoms with Crippen LogP contribution in [-0.4, -0.2) is 45.4 Å². The summed E-state index contributed by atoms with van der Waals surface area (Å²) in [5.41, 5.74) is 2.61. The number of nitrogens with one attached hydrogen (secondary N) is 1. The first-order valence-electron chi connectivity index (χ1n) is 15.3. The minimum absolute atomic E-state index is 0.102. The molecule has 7 nitrogen and oxygen atoms in total. The van der Waals surface area contributed by atoms with Crippen molar-refractivity contribution in [3.63, 3.8) is 0 Å². The van der Waals surface area contributed by atoms with E-state index >= 15 is 0 Å². The highest BCUT2D eigenvalue weighted by Crippen LogP contribution is 2.43. The molecule has 2 heterocycles. The van der Waals surface area contributed by atoms with E-state index < -0.39 is 11.1 Å². The van der Waals surface area contributed by atoms with Gasteiger partial charge in [-0.2, -0.15) is 5.10 Å². The fraction of sp³-hybridized carbons (Fsp3) is 0.270. The number of carbonyl (C=O) groups excluding carboxylic acids is 2. The van der Waals surface area contributed by atoms with Crippen LogP contribution in [0.4, 0.5) is 10.6 Å². The van der Waals surface area contributed by atoms with Gasteiger partial charge in [-0.15, -0.1) is 0 Å². The summed E-state index contributed by atoms with van der Waals surface area (Å²) in [4.78, 5) is 28.0. The molecule has 0 atom stereocenters. The molecule has 0 saturated carbocycles. The number of amides is 2. The van der Waals surface area contributed by atoms with E-state index in [0.717, 1.165) is 32.1 Å². The fourth-order valence-corrected chi connectivity index (χ4v) is 6.57. The molecule has 2 amide bonds. The summed E-state index contributed by atoms with van der Waals surface area (Å²) in [6.45, 7) is 6.50. The summed E-state index contributed by atoms with van der Waals surface area (Å²) in [7, 11) is 0. The molecule has 1 aliphatic rings. The van der Waals surface area contributed by atoms with Crippen molar-refractivity contribution < 1.29 is 14.3 Å². The zero-order valence-electron chi connectivity index (χ0n) is 25.7. The number of nitrogens with zero attached hydrogens (tertiary/aromatic N) is 3. The normalized spacial score (nSPS) is 14.4. The van der Waals surface area contributed by atoms with E-state index in [1.807, 2.05) is 93.6 Å². The van der Waals surface area contributed by atoms with Gasteiger partial charge in [0.15, 0.2) is 5.82 Å². The smallest absolute Gasteiger partial charge is 0.410 e. The molecular weight excluding hydrogens is 628 g/mol. The number of piperidine rings is 1. The lowest BCUT2D eigenvalue weighted by atomic mass is 9.77. The third-order valence-corrected chi connectivity index (χ3v) is 8.79. The second-order valence-electron chi connectivity index (χ2n) is 12.5. The Morgan fingerprint density at radius 3 is 1.80 bits per heavy atom. The van der Waals surface area contributed by atoms with Gasteiger partial charge < -0.3 is 15.0 Å². The van der Waals surface area contributed by atoms with Crippen LogP contribution in [0, 0.1) is 5.92 Å². The van der Waals surface area contributed by atoms with E-state index in [9.17, 15) is 9.59 Å². The molecule has 8 heteroatoms. The van der Waals surface area contributed by atoms with Gasteiger partial charge in [-0.05, 0) is 68.5 Å². The first kappa shape index (κ1) is 30.6. The lowest BCUT2D eigenvalue weighted by molar-refractivity contribution is -0.121. The molecule has 0 bridgehead atoms. The molecule has 0 radical (unpaired) electrons. The topological polar surface area (TPSA) is 76.5 Å². The zero-order valence-corrected chi connectivity index (χ0v) is 27.3. The Bertz CT molecular complexity index is 1700. The summed E-state index contributed by atoms with van der Waals surface area (Å²) in [5, 5.41) is 9.24. The monoisotopic (exact) mass is 664 g/mol. The molecule has 6 rings (SSSR count). The van der Waals surface area contributed by atoms with Crippen LogP contribution < -0.4 is 5.32 Å². The van der Waals surface area contributed by atoms with Crippen molar-refractivity contribution in [1.82, 2.24) is 14.7 Å². The highest BCUT2D eigenvalue weighted by Gasteiger charge is 2.41. The van der Waals surface area contributed by atoms with Gasteiger partial charge in [-0.1, -0.05) is 107 Å². The number of hydrogen-bond acceptors (Lipinski definition) is 4. The van der Waals surface area contributed by atoms with E-state index in [2.05, 4.69) is 62.3 Å². The molecule has 45 heavy (non-hydrogen) atoms. The number of hydrogen-bond donors (Lipinski definition) is 1. The van der Waals surface area contributed by atoms with Gasteiger partial charge in [-0.25, -0.2) is 9.48 Å². The van der Waals surface area contributed by atoms with Gasteiger partial charge >= 0.3 is 6.09 Å². The Morgan fingerprint density at radius 2 is 1.31 bits per heavy atom. The predicted octanol–water partition coefficient (Wildman–Crippen LogP) is 8.22. The average Bonchev–Trinajstić information content (AvgIpc) is 3.39. The van der Waals surface area contributed by atoms with Crippen molar-refractivity contribution >= 4 is 44.7 Å². The third-order valence-electron chi connectivity index (χ3n) is 8.29. The number of halogens is 1. The molecule has 1 N–H and O–H groups in total. The summed E-state index contributed by atoms with van der Waals surface area (Å²) >= 11 is 3.65. The molecule has 0 unspecified atom stereocenters. The number of likely N-dealkylation sites (tertiary alicyclic amines) is 1. The molecule has 1 saturated heterocycles. The maximum Gasteiger partial charge on any atom is 0.410 e. The number of aromatic nitrogens is 2. The van der Waals surface area contributed by atoms with Gasteiger partial charge in [0.1, 0.15) is 11.1 Å². The van der Waals surface area contributed by atoms with Crippen LogP contribution >= 0.6 is 15.9 Å². The Kier molecular flexibility index (Phi) is 8.51. The van der Waals surface area contributed by atoms with Crippen molar-refractivity contribution in [3.05, 3.63) is 130 Å². The number of rotatable bonds is 6. The molecule has 0 aliphatic carbocycles. The highest BCUT2D eigenvalue weighted by atomic mass is 79.9. The van der Waals surface area contributed by atoms with Crippen LogP contribution in [0.5, 0.6) is 0 Å². The minimum Gasteiger partial charge on any atom is -0.444 e. The highest BCUT2D eigenvalue weighted by molar-refractivity contribution is 9.10. The molecule has 0 spiro atoms.